The van der Waals surface area contributed by atoms with E-state index in [0.717, 1.165) is 86.4 Å². The smallest absolute Gasteiger partial charge is 0.123 e. The first-order valence-corrected chi connectivity index (χ1v) is 20.6. The highest BCUT2D eigenvalue weighted by Gasteiger charge is 2.25. The molecule has 11 rings (SSSR count). The molecule has 0 atom stereocenters. The van der Waals surface area contributed by atoms with Gasteiger partial charge in [-0.3, -0.25) is 0 Å². The van der Waals surface area contributed by atoms with E-state index in [4.69, 9.17) is 0 Å². The summed E-state index contributed by atoms with van der Waals surface area (Å²) in [5, 5.41) is 4.35. The molecule has 8 heteroatoms. The van der Waals surface area contributed by atoms with Gasteiger partial charge in [0.25, 0.3) is 0 Å². The Morgan fingerprint density at radius 2 is 0.672 bits per heavy atom. The van der Waals surface area contributed by atoms with Crippen molar-refractivity contribution in [3.63, 3.8) is 0 Å². The van der Waals surface area contributed by atoms with Crippen molar-refractivity contribution in [3.05, 3.63) is 206 Å². The number of nitrogens with zero attached hydrogens (tertiary/aromatic N) is 4. The third-order valence-corrected chi connectivity index (χ3v) is 12.9. The molecule has 0 saturated carbocycles. The highest BCUT2D eigenvalue weighted by molar-refractivity contribution is 7.24. The summed E-state index contributed by atoms with van der Waals surface area (Å²) in [6, 6.07) is 64.2. The summed E-state index contributed by atoms with van der Waals surface area (Å²) in [5.74, 6) is -0.536. The Morgan fingerprint density at radius 1 is 0.345 bits per heavy atom. The van der Waals surface area contributed by atoms with Crippen LogP contribution in [0.2, 0.25) is 0 Å². The third kappa shape index (κ3) is 5.68. The average molecular weight is 791 g/mol. The maximum absolute atomic E-state index is 14.2. The number of halogens is 2. The van der Waals surface area contributed by atoms with Gasteiger partial charge in [-0.05, 0) is 121 Å². The summed E-state index contributed by atoms with van der Waals surface area (Å²) in [6.07, 6.45) is 0. The fraction of sp³-hybridized carbons (Fsp3) is 0. The third-order valence-electron chi connectivity index (χ3n) is 10.6. The zero-order valence-electron chi connectivity index (χ0n) is 30.8. The number of aromatic nitrogens is 2. The first-order chi connectivity index (χ1) is 28.6. The van der Waals surface area contributed by atoms with E-state index in [0.29, 0.717) is 0 Å². The number of anilines is 6. The summed E-state index contributed by atoms with van der Waals surface area (Å²) in [6.45, 7) is 0. The van der Waals surface area contributed by atoms with Crippen LogP contribution in [0.3, 0.4) is 0 Å². The number of benzene rings is 7. The van der Waals surface area contributed by atoms with Gasteiger partial charge < -0.3 is 18.9 Å². The van der Waals surface area contributed by atoms with E-state index in [1.54, 1.807) is 22.7 Å². The molecular formula is C50H32F2N4S2. The Hall–Kier alpha value is -7.00. The van der Waals surface area contributed by atoms with Crippen LogP contribution >= 0.6 is 22.7 Å². The fourth-order valence-electron chi connectivity index (χ4n) is 8.10. The predicted octanol–water partition coefficient (Wildman–Crippen LogP) is 15.2. The lowest BCUT2D eigenvalue weighted by Crippen LogP contribution is -2.08. The summed E-state index contributed by atoms with van der Waals surface area (Å²) in [7, 11) is 0. The van der Waals surface area contributed by atoms with Crippen molar-refractivity contribution in [2.45, 2.75) is 0 Å². The van der Waals surface area contributed by atoms with Crippen LogP contribution in [0.5, 0.6) is 0 Å². The van der Waals surface area contributed by atoms with Gasteiger partial charge >= 0.3 is 0 Å². The van der Waals surface area contributed by atoms with Crippen molar-refractivity contribution >= 4 is 97.7 Å². The SMILES string of the molecule is Fc1ccc(N(c2ccccc2)c2cc3c(s2)c2cc4c(cc2n3-c2ccccc2)c2sc(N(c3ccccc3)c3ccc(F)cc3)cc2n4-c2ccccc2)cc1. The molecule has 0 unspecified atom stereocenters. The van der Waals surface area contributed by atoms with Crippen LogP contribution in [0.15, 0.2) is 194 Å². The molecule has 0 bridgehead atoms. The minimum atomic E-state index is -0.268. The molecule has 4 aromatic heterocycles. The quantitative estimate of drug-likeness (QED) is 0.152. The molecule has 0 spiro atoms. The van der Waals surface area contributed by atoms with Crippen LogP contribution in [0, 0.1) is 11.6 Å². The van der Waals surface area contributed by atoms with Gasteiger partial charge in [-0.25, -0.2) is 8.78 Å². The molecular weight excluding hydrogens is 759 g/mol. The Kier molecular flexibility index (Phi) is 8.20. The van der Waals surface area contributed by atoms with Gasteiger partial charge in [0, 0.05) is 44.9 Å². The fourth-order valence-corrected chi connectivity index (χ4v) is 10.5. The lowest BCUT2D eigenvalue weighted by atomic mass is 10.2. The molecule has 0 radical (unpaired) electrons. The van der Waals surface area contributed by atoms with Gasteiger partial charge in [0.2, 0.25) is 0 Å². The van der Waals surface area contributed by atoms with E-state index in [-0.39, 0.29) is 11.6 Å². The normalized spacial score (nSPS) is 11.6. The standard InChI is InChI=1S/C50H32F2N4S2/c51-33-21-25-39(26-22-33)53(35-13-5-1-6-14-35)47-31-45-49(57-47)41-29-44-42(30-43(41)55(45)37-17-9-3-10-18-37)50-46(56(44)38-19-11-4-12-20-38)32-48(58-50)54(36-15-7-2-8-16-36)40-27-23-34(52)24-28-40/h1-32H. The summed E-state index contributed by atoms with van der Waals surface area (Å²) < 4.78 is 35.5. The van der Waals surface area contributed by atoms with E-state index in [1.807, 2.05) is 72.8 Å². The van der Waals surface area contributed by atoms with Crippen molar-refractivity contribution < 1.29 is 8.78 Å². The van der Waals surface area contributed by atoms with Crippen molar-refractivity contribution in [2.75, 3.05) is 9.80 Å². The Balaban J connectivity index is 1.19. The number of para-hydroxylation sites is 4. The molecule has 58 heavy (non-hydrogen) atoms. The molecule has 4 nitrogen and oxygen atoms in total. The van der Waals surface area contributed by atoms with Gasteiger partial charge in [-0.2, -0.15) is 0 Å². The molecule has 7 aromatic carbocycles. The van der Waals surface area contributed by atoms with Crippen LogP contribution in [-0.2, 0) is 0 Å². The highest BCUT2D eigenvalue weighted by Crippen LogP contribution is 2.50. The number of hydrogen-bond acceptors (Lipinski definition) is 4. The molecule has 0 saturated heterocycles. The van der Waals surface area contributed by atoms with Gasteiger partial charge in [0.1, 0.15) is 21.6 Å². The number of rotatable bonds is 8. The van der Waals surface area contributed by atoms with Crippen molar-refractivity contribution in [1.29, 1.82) is 0 Å². The summed E-state index contributed by atoms with van der Waals surface area (Å²) in [4.78, 5) is 4.40. The molecule has 0 aliphatic heterocycles. The molecule has 11 aromatic rings. The highest BCUT2D eigenvalue weighted by atomic mass is 32.1. The molecule has 0 N–H and O–H groups in total. The monoisotopic (exact) mass is 790 g/mol. The zero-order valence-corrected chi connectivity index (χ0v) is 32.5. The maximum Gasteiger partial charge on any atom is 0.123 e. The lowest BCUT2D eigenvalue weighted by Gasteiger charge is -2.23. The molecule has 0 amide bonds. The molecule has 0 aliphatic carbocycles. The first kappa shape index (κ1) is 34.3. The second kappa shape index (κ2) is 13.9. The minimum absolute atomic E-state index is 0.268. The Bertz CT molecular complexity index is 3010. The second-order valence-electron chi connectivity index (χ2n) is 14.1. The number of hydrogen-bond donors (Lipinski definition) is 0. The molecule has 0 aliphatic rings. The van der Waals surface area contributed by atoms with Gasteiger partial charge in [0.15, 0.2) is 0 Å². The van der Waals surface area contributed by atoms with E-state index in [2.05, 4.69) is 116 Å². The van der Waals surface area contributed by atoms with Gasteiger partial charge in [-0.1, -0.05) is 72.8 Å². The van der Waals surface area contributed by atoms with Crippen LogP contribution in [0.1, 0.15) is 0 Å². The largest absolute Gasteiger partial charge is 0.308 e. The van der Waals surface area contributed by atoms with Crippen molar-refractivity contribution in [1.82, 2.24) is 9.13 Å². The first-order valence-electron chi connectivity index (χ1n) is 19.0. The van der Waals surface area contributed by atoms with Crippen LogP contribution in [0.4, 0.5) is 41.5 Å². The van der Waals surface area contributed by atoms with Crippen LogP contribution < -0.4 is 9.80 Å². The van der Waals surface area contributed by atoms with E-state index < -0.39 is 0 Å². The average Bonchev–Trinajstić information content (AvgIpc) is 4.02. The number of fused-ring (bicyclic) bond motifs is 6. The maximum atomic E-state index is 14.2. The van der Waals surface area contributed by atoms with Crippen LogP contribution in [-0.4, -0.2) is 9.13 Å². The second-order valence-corrected chi connectivity index (χ2v) is 16.2. The number of thiophene rings is 2. The molecule has 278 valence electrons. The van der Waals surface area contributed by atoms with E-state index in [1.165, 1.54) is 24.3 Å². The Morgan fingerprint density at radius 3 is 1.03 bits per heavy atom. The van der Waals surface area contributed by atoms with Gasteiger partial charge in [0.05, 0.1) is 31.5 Å². The summed E-state index contributed by atoms with van der Waals surface area (Å²) >= 11 is 3.47. The molecule has 4 heterocycles. The van der Waals surface area contributed by atoms with E-state index >= 15 is 0 Å². The van der Waals surface area contributed by atoms with Crippen molar-refractivity contribution in [3.8, 4) is 11.4 Å². The molecule has 0 fully saturated rings. The Labute approximate surface area is 340 Å². The van der Waals surface area contributed by atoms with E-state index in [9.17, 15) is 8.78 Å². The van der Waals surface area contributed by atoms with Crippen LogP contribution in [0.25, 0.3) is 53.6 Å². The lowest BCUT2D eigenvalue weighted by molar-refractivity contribution is 0.627. The zero-order chi connectivity index (χ0) is 38.7. The predicted molar refractivity (Wildman–Crippen MR) is 240 cm³/mol. The topological polar surface area (TPSA) is 16.3 Å². The van der Waals surface area contributed by atoms with Gasteiger partial charge in [-0.15, -0.1) is 22.7 Å². The minimum Gasteiger partial charge on any atom is -0.308 e. The van der Waals surface area contributed by atoms with Crippen molar-refractivity contribution in [2.24, 2.45) is 0 Å². The summed E-state index contributed by atoms with van der Waals surface area (Å²) in [5.41, 5.74) is 10.3.